The maximum atomic E-state index is 10.2. The molecule has 5 heteroatoms. The van der Waals surface area contributed by atoms with Crippen molar-refractivity contribution >= 4 is 23.5 Å². The summed E-state index contributed by atoms with van der Waals surface area (Å²) in [6, 6.07) is 14.1. The fraction of sp³-hybridized carbons (Fsp3) is 0.429. The number of fused-ring (bicyclic) bond motifs is 1. The number of thioether (sulfide) groups is 2. The average Bonchev–Trinajstić information content (AvgIpc) is 2.80. The number of hydrogen-bond acceptors (Lipinski definition) is 5. The molecule has 0 bridgehead atoms. The lowest BCUT2D eigenvalue weighted by Crippen LogP contribution is -2.37. The van der Waals surface area contributed by atoms with E-state index in [1.54, 1.807) is 11.8 Å². The van der Waals surface area contributed by atoms with E-state index in [-0.39, 0.29) is 6.23 Å². The fourth-order valence-corrected chi connectivity index (χ4v) is 5.55. The molecule has 26 heavy (non-hydrogen) atoms. The Hall–Kier alpha value is -1.30. The van der Waals surface area contributed by atoms with Gasteiger partial charge in [-0.2, -0.15) is 0 Å². The van der Waals surface area contributed by atoms with Gasteiger partial charge in [0.25, 0.3) is 0 Å². The minimum atomic E-state index is -0.266. The Labute approximate surface area is 164 Å². The van der Waals surface area contributed by atoms with Gasteiger partial charge in [0.2, 0.25) is 0 Å². The van der Waals surface area contributed by atoms with Gasteiger partial charge in [-0.1, -0.05) is 37.6 Å². The Kier molecular flexibility index (Phi) is 6.79. The summed E-state index contributed by atoms with van der Waals surface area (Å²) in [5.74, 6) is 4.14. The van der Waals surface area contributed by atoms with Gasteiger partial charge in [0.1, 0.15) is 11.5 Å². The quantitative estimate of drug-likeness (QED) is 0.657. The van der Waals surface area contributed by atoms with E-state index >= 15 is 0 Å². The molecule has 0 aromatic heterocycles. The second kappa shape index (κ2) is 9.07. The molecule has 0 amide bonds. The zero-order valence-corrected chi connectivity index (χ0v) is 17.0. The monoisotopic (exact) mass is 389 g/mol. The molecule has 0 saturated carbocycles. The Bertz CT molecular complexity index is 738. The van der Waals surface area contributed by atoms with Crippen molar-refractivity contribution in [2.24, 2.45) is 17.6 Å². The smallest absolute Gasteiger partial charge is 0.151 e. The lowest BCUT2D eigenvalue weighted by molar-refractivity contribution is 0.135. The Morgan fingerprint density at radius 1 is 1.27 bits per heavy atom. The standard InChI is InChI=1S/C21H27NO2S2/c1-3-15(12-25-19-10-6-7-14(2)20(19)23)11-16-13-26-18-9-5-4-8-17(18)24-21(16)22/h4-10,15-16,21,23H,3,11-13,22H2,1-2H3/t15-,16-,21?/m0/s1. The van der Waals surface area contributed by atoms with Crippen molar-refractivity contribution in [2.75, 3.05) is 11.5 Å². The highest BCUT2D eigenvalue weighted by Crippen LogP contribution is 2.38. The number of phenolic OH excluding ortho intramolecular Hbond substituents is 1. The van der Waals surface area contributed by atoms with Crippen LogP contribution in [-0.2, 0) is 0 Å². The van der Waals surface area contributed by atoms with E-state index in [4.69, 9.17) is 10.5 Å². The number of ether oxygens (including phenoxy) is 1. The van der Waals surface area contributed by atoms with E-state index in [0.29, 0.717) is 17.6 Å². The molecule has 3 rings (SSSR count). The lowest BCUT2D eigenvalue weighted by atomic mass is 9.94. The molecule has 0 radical (unpaired) electrons. The van der Waals surface area contributed by atoms with Crippen molar-refractivity contribution in [1.82, 2.24) is 0 Å². The SMILES string of the molecule is CC[C@H](CSc1cccc(C)c1O)C[C@H]1CSc2ccccc2OC1N. The van der Waals surface area contributed by atoms with Gasteiger partial charge in [-0.05, 0) is 43.0 Å². The number of aryl methyl sites for hydroxylation is 1. The van der Waals surface area contributed by atoms with E-state index in [1.165, 1.54) is 4.90 Å². The summed E-state index contributed by atoms with van der Waals surface area (Å²) >= 11 is 3.58. The Morgan fingerprint density at radius 3 is 2.88 bits per heavy atom. The van der Waals surface area contributed by atoms with E-state index in [0.717, 1.165) is 40.6 Å². The van der Waals surface area contributed by atoms with Crippen LogP contribution in [0.3, 0.4) is 0 Å². The van der Waals surface area contributed by atoms with Crippen molar-refractivity contribution in [3.8, 4) is 11.5 Å². The van der Waals surface area contributed by atoms with Gasteiger partial charge in [-0.15, -0.1) is 23.5 Å². The summed E-state index contributed by atoms with van der Waals surface area (Å²) in [7, 11) is 0. The van der Waals surface area contributed by atoms with Crippen LogP contribution in [0.5, 0.6) is 11.5 Å². The van der Waals surface area contributed by atoms with E-state index in [9.17, 15) is 5.11 Å². The van der Waals surface area contributed by atoms with Crippen LogP contribution in [0.4, 0.5) is 0 Å². The van der Waals surface area contributed by atoms with Crippen LogP contribution in [0.15, 0.2) is 52.3 Å². The van der Waals surface area contributed by atoms with Crippen molar-refractivity contribution in [3.63, 3.8) is 0 Å². The lowest BCUT2D eigenvalue weighted by Gasteiger charge is -2.25. The number of phenols is 1. The Balaban J connectivity index is 1.60. The van der Waals surface area contributed by atoms with Crippen LogP contribution in [0.25, 0.3) is 0 Å². The first-order valence-corrected chi connectivity index (χ1v) is 11.1. The van der Waals surface area contributed by atoms with Gasteiger partial charge in [0, 0.05) is 27.2 Å². The summed E-state index contributed by atoms with van der Waals surface area (Å²) in [5, 5.41) is 10.2. The molecular weight excluding hydrogens is 362 g/mol. The van der Waals surface area contributed by atoms with Gasteiger partial charge in [-0.3, -0.25) is 5.73 Å². The molecule has 1 unspecified atom stereocenters. The predicted octanol–water partition coefficient (Wildman–Crippen LogP) is 5.29. The van der Waals surface area contributed by atoms with Crippen LogP contribution in [-0.4, -0.2) is 22.8 Å². The number of hydrogen-bond donors (Lipinski definition) is 2. The number of benzene rings is 2. The molecule has 0 spiro atoms. The first-order chi connectivity index (χ1) is 12.6. The van der Waals surface area contributed by atoms with E-state index in [1.807, 2.05) is 55.1 Å². The van der Waals surface area contributed by atoms with E-state index in [2.05, 4.69) is 13.0 Å². The summed E-state index contributed by atoms with van der Waals surface area (Å²) in [6.45, 7) is 4.17. The zero-order valence-electron chi connectivity index (χ0n) is 15.4. The molecule has 3 N–H and O–H groups in total. The third-order valence-corrected chi connectivity index (χ3v) is 7.44. The van der Waals surface area contributed by atoms with Crippen LogP contribution >= 0.6 is 23.5 Å². The molecule has 140 valence electrons. The number of para-hydroxylation sites is 2. The molecule has 3 atom stereocenters. The maximum Gasteiger partial charge on any atom is 0.151 e. The minimum Gasteiger partial charge on any atom is -0.507 e. The van der Waals surface area contributed by atoms with Crippen molar-refractivity contribution < 1.29 is 9.84 Å². The van der Waals surface area contributed by atoms with Crippen LogP contribution in [0.2, 0.25) is 0 Å². The maximum absolute atomic E-state index is 10.2. The molecule has 1 aliphatic rings. The third kappa shape index (κ3) is 4.70. The van der Waals surface area contributed by atoms with Crippen molar-refractivity contribution in [3.05, 3.63) is 48.0 Å². The molecule has 3 nitrogen and oxygen atoms in total. The average molecular weight is 390 g/mol. The number of rotatable bonds is 6. The highest BCUT2D eigenvalue weighted by molar-refractivity contribution is 7.99. The molecule has 1 aliphatic heterocycles. The second-order valence-electron chi connectivity index (χ2n) is 6.84. The zero-order chi connectivity index (χ0) is 18.5. The molecule has 0 saturated heterocycles. The fourth-order valence-electron chi connectivity index (χ4n) is 3.14. The summed E-state index contributed by atoms with van der Waals surface area (Å²) in [6.07, 6.45) is 1.87. The van der Waals surface area contributed by atoms with Crippen molar-refractivity contribution in [2.45, 2.75) is 42.7 Å². The Morgan fingerprint density at radius 2 is 2.08 bits per heavy atom. The minimum absolute atomic E-state index is 0.266. The summed E-state index contributed by atoms with van der Waals surface area (Å²) < 4.78 is 6.02. The number of aromatic hydroxyl groups is 1. The summed E-state index contributed by atoms with van der Waals surface area (Å²) in [4.78, 5) is 2.14. The third-order valence-electron chi connectivity index (χ3n) is 4.92. The second-order valence-corrected chi connectivity index (χ2v) is 8.97. The molecule has 0 fully saturated rings. The number of nitrogens with two attached hydrogens (primary N) is 1. The summed E-state index contributed by atoms with van der Waals surface area (Å²) in [5.41, 5.74) is 7.29. The molecule has 1 heterocycles. The first kappa shape index (κ1) is 19.5. The predicted molar refractivity (Wildman–Crippen MR) is 111 cm³/mol. The molecule has 2 aromatic carbocycles. The van der Waals surface area contributed by atoms with Crippen LogP contribution < -0.4 is 10.5 Å². The highest BCUT2D eigenvalue weighted by atomic mass is 32.2. The van der Waals surface area contributed by atoms with Gasteiger partial charge in [0.15, 0.2) is 6.23 Å². The molecule has 0 aliphatic carbocycles. The normalized spacial score (nSPS) is 20.7. The highest BCUT2D eigenvalue weighted by Gasteiger charge is 2.27. The van der Waals surface area contributed by atoms with E-state index < -0.39 is 0 Å². The first-order valence-electron chi connectivity index (χ1n) is 9.14. The topological polar surface area (TPSA) is 55.5 Å². The van der Waals surface area contributed by atoms with Crippen molar-refractivity contribution in [1.29, 1.82) is 0 Å². The van der Waals surface area contributed by atoms with Gasteiger partial charge in [-0.25, -0.2) is 0 Å². The van der Waals surface area contributed by atoms with Gasteiger partial charge >= 0.3 is 0 Å². The van der Waals surface area contributed by atoms with Gasteiger partial charge in [0.05, 0.1) is 0 Å². The van der Waals surface area contributed by atoms with Crippen LogP contribution in [0.1, 0.15) is 25.3 Å². The molecular formula is C21H27NO2S2. The van der Waals surface area contributed by atoms with Gasteiger partial charge < -0.3 is 9.84 Å². The molecule has 2 aromatic rings. The van der Waals surface area contributed by atoms with Crippen LogP contribution in [0, 0.1) is 18.8 Å². The largest absolute Gasteiger partial charge is 0.507 e.